The maximum atomic E-state index is 13.4. The summed E-state index contributed by atoms with van der Waals surface area (Å²) in [6.07, 6.45) is 3.09. The Labute approximate surface area is 109 Å². The maximum absolute atomic E-state index is 13.4. The minimum Gasteiger partial charge on any atom is -0.253 e. The first-order valence-corrected chi connectivity index (χ1v) is 6.41. The summed E-state index contributed by atoms with van der Waals surface area (Å²) in [4.78, 5) is 5.19. The first-order chi connectivity index (χ1) is 8.11. The summed E-state index contributed by atoms with van der Waals surface area (Å²) in [5.74, 6) is -0.293. The molecular formula is C13H11ClFNS. The molecule has 0 atom stereocenters. The molecule has 17 heavy (non-hydrogen) atoms. The van der Waals surface area contributed by atoms with Crippen LogP contribution in [0.3, 0.4) is 0 Å². The molecule has 0 amide bonds. The van der Waals surface area contributed by atoms with Crippen LogP contribution in [-0.2, 0) is 0 Å². The van der Waals surface area contributed by atoms with Crippen LogP contribution in [0.4, 0.5) is 4.39 Å². The molecule has 0 N–H and O–H groups in total. The van der Waals surface area contributed by atoms with Gasteiger partial charge in [0.1, 0.15) is 11.5 Å². The molecule has 4 heteroatoms. The van der Waals surface area contributed by atoms with E-state index in [1.165, 1.54) is 6.08 Å². The highest BCUT2D eigenvalue weighted by atomic mass is 35.5. The predicted octanol–water partition coefficient (Wildman–Crippen LogP) is 5.10. The van der Waals surface area contributed by atoms with Crippen LogP contribution in [0.5, 0.6) is 0 Å². The van der Waals surface area contributed by atoms with Crippen LogP contribution in [0.25, 0.3) is 16.3 Å². The molecule has 0 aliphatic carbocycles. The fraction of sp³-hybridized carbons (Fsp3) is 0.154. The Kier molecular flexibility index (Phi) is 3.60. The topological polar surface area (TPSA) is 12.9 Å². The summed E-state index contributed by atoms with van der Waals surface area (Å²) in [6, 6.07) is 3.81. The lowest BCUT2D eigenvalue weighted by atomic mass is 10.1. The van der Waals surface area contributed by atoms with Crippen molar-refractivity contribution in [2.45, 2.75) is 13.8 Å². The standard InChI is InChI=1S/C13H11ClFNS/c1-3-11(15)13-8(2)4-9(6-16-13)12-5-10(14)7-17-12/h3-7H,1-2H3/b11-3+. The quantitative estimate of drug-likeness (QED) is 0.737. The van der Waals surface area contributed by atoms with Gasteiger partial charge in [-0.05, 0) is 37.6 Å². The van der Waals surface area contributed by atoms with Crippen molar-refractivity contribution in [3.63, 3.8) is 0 Å². The summed E-state index contributed by atoms with van der Waals surface area (Å²) >= 11 is 7.43. The summed E-state index contributed by atoms with van der Waals surface area (Å²) < 4.78 is 13.4. The molecule has 0 fully saturated rings. The van der Waals surface area contributed by atoms with Crippen LogP contribution < -0.4 is 0 Å². The van der Waals surface area contributed by atoms with Crippen molar-refractivity contribution >= 4 is 28.8 Å². The van der Waals surface area contributed by atoms with Gasteiger partial charge in [0.2, 0.25) is 0 Å². The van der Waals surface area contributed by atoms with Gasteiger partial charge in [-0.25, -0.2) is 4.39 Å². The van der Waals surface area contributed by atoms with Crippen LogP contribution in [0.15, 0.2) is 29.8 Å². The zero-order valence-corrected chi connectivity index (χ0v) is 11.1. The van der Waals surface area contributed by atoms with Crippen molar-refractivity contribution in [1.82, 2.24) is 4.98 Å². The van der Waals surface area contributed by atoms with E-state index in [-0.39, 0.29) is 5.83 Å². The number of rotatable bonds is 2. The summed E-state index contributed by atoms with van der Waals surface area (Å²) in [5, 5.41) is 2.58. The number of thiophene rings is 1. The number of hydrogen-bond acceptors (Lipinski definition) is 2. The van der Waals surface area contributed by atoms with Crippen molar-refractivity contribution in [1.29, 1.82) is 0 Å². The zero-order valence-electron chi connectivity index (χ0n) is 9.50. The Morgan fingerprint density at radius 1 is 1.47 bits per heavy atom. The summed E-state index contributed by atoms with van der Waals surface area (Å²) in [7, 11) is 0. The Hall–Kier alpha value is -1.19. The number of hydrogen-bond donors (Lipinski definition) is 0. The highest BCUT2D eigenvalue weighted by Gasteiger charge is 2.08. The molecule has 0 saturated carbocycles. The molecule has 2 aromatic heterocycles. The van der Waals surface area contributed by atoms with Gasteiger partial charge in [-0.15, -0.1) is 11.3 Å². The molecule has 2 heterocycles. The number of halogens is 2. The van der Waals surface area contributed by atoms with Gasteiger partial charge in [0, 0.05) is 22.0 Å². The molecule has 0 aliphatic heterocycles. The molecule has 88 valence electrons. The smallest absolute Gasteiger partial charge is 0.144 e. The molecule has 2 aromatic rings. The van der Waals surface area contributed by atoms with Gasteiger partial charge in [-0.3, -0.25) is 4.98 Å². The third-order valence-corrected chi connectivity index (χ3v) is 3.74. The molecule has 0 radical (unpaired) electrons. The second kappa shape index (κ2) is 4.98. The highest BCUT2D eigenvalue weighted by molar-refractivity contribution is 7.14. The van der Waals surface area contributed by atoms with Gasteiger partial charge in [0.05, 0.1) is 5.02 Å². The van der Waals surface area contributed by atoms with Crippen molar-refractivity contribution < 1.29 is 4.39 Å². The van der Waals surface area contributed by atoms with E-state index in [1.54, 1.807) is 24.5 Å². The fourth-order valence-corrected chi connectivity index (χ4v) is 2.62. The Morgan fingerprint density at radius 2 is 2.24 bits per heavy atom. The molecule has 0 unspecified atom stereocenters. The van der Waals surface area contributed by atoms with E-state index < -0.39 is 0 Å². The monoisotopic (exact) mass is 267 g/mol. The SMILES string of the molecule is C/C=C(/F)c1ncc(-c2cc(Cl)cs2)cc1C. The molecule has 0 aliphatic rings. The lowest BCUT2D eigenvalue weighted by molar-refractivity contribution is 0.749. The molecule has 0 spiro atoms. The average molecular weight is 268 g/mol. The lowest BCUT2D eigenvalue weighted by Crippen LogP contribution is -1.90. The van der Waals surface area contributed by atoms with Gasteiger partial charge < -0.3 is 0 Å². The number of aromatic nitrogens is 1. The second-order valence-corrected chi connectivity index (χ2v) is 5.00. The highest BCUT2D eigenvalue weighted by Crippen LogP contribution is 2.31. The third kappa shape index (κ3) is 2.56. The molecule has 1 nitrogen and oxygen atoms in total. The van der Waals surface area contributed by atoms with Gasteiger partial charge in [-0.2, -0.15) is 0 Å². The van der Waals surface area contributed by atoms with Crippen molar-refractivity contribution in [3.05, 3.63) is 46.1 Å². The van der Waals surface area contributed by atoms with Crippen molar-refractivity contribution in [2.75, 3.05) is 0 Å². The van der Waals surface area contributed by atoms with Crippen LogP contribution in [0.2, 0.25) is 5.02 Å². The van der Waals surface area contributed by atoms with Crippen molar-refractivity contribution in [3.8, 4) is 10.4 Å². The van der Waals surface area contributed by atoms with Gasteiger partial charge in [0.25, 0.3) is 0 Å². The normalized spacial score (nSPS) is 11.9. The first-order valence-electron chi connectivity index (χ1n) is 5.15. The predicted molar refractivity (Wildman–Crippen MR) is 72.1 cm³/mol. The lowest BCUT2D eigenvalue weighted by Gasteiger charge is -2.04. The number of allylic oxidation sites excluding steroid dienone is 1. The van der Waals surface area contributed by atoms with Crippen molar-refractivity contribution in [2.24, 2.45) is 0 Å². The van der Waals surface area contributed by atoms with Gasteiger partial charge in [0.15, 0.2) is 0 Å². The second-order valence-electron chi connectivity index (χ2n) is 3.66. The van der Waals surface area contributed by atoms with Gasteiger partial charge >= 0.3 is 0 Å². The Balaban J connectivity index is 2.44. The molecular weight excluding hydrogens is 257 g/mol. The number of pyridine rings is 1. The summed E-state index contributed by atoms with van der Waals surface area (Å²) in [6.45, 7) is 3.51. The van der Waals surface area contributed by atoms with Crippen LogP contribution in [0.1, 0.15) is 18.2 Å². The largest absolute Gasteiger partial charge is 0.253 e. The van der Waals surface area contributed by atoms with E-state index in [4.69, 9.17) is 11.6 Å². The fourth-order valence-electron chi connectivity index (χ4n) is 1.56. The average Bonchev–Trinajstić information content (AvgIpc) is 2.75. The molecule has 0 bridgehead atoms. The minimum atomic E-state index is -0.293. The first kappa shape index (κ1) is 12.3. The zero-order chi connectivity index (χ0) is 12.4. The van der Waals surface area contributed by atoms with E-state index in [9.17, 15) is 4.39 Å². The van der Waals surface area contributed by atoms with Crippen LogP contribution in [-0.4, -0.2) is 4.98 Å². The summed E-state index contributed by atoms with van der Waals surface area (Å²) in [5.41, 5.74) is 2.19. The van der Waals surface area contributed by atoms with Gasteiger partial charge in [-0.1, -0.05) is 11.6 Å². The molecule has 0 saturated heterocycles. The number of aryl methyl sites for hydroxylation is 1. The molecule has 2 rings (SSSR count). The Bertz CT molecular complexity index is 575. The van der Waals surface area contributed by atoms with E-state index in [1.807, 2.05) is 24.4 Å². The van der Waals surface area contributed by atoms with Crippen LogP contribution >= 0.6 is 22.9 Å². The Morgan fingerprint density at radius 3 is 2.76 bits per heavy atom. The number of nitrogens with zero attached hydrogens (tertiary/aromatic N) is 1. The molecule has 0 aromatic carbocycles. The minimum absolute atomic E-state index is 0.293. The third-order valence-electron chi connectivity index (χ3n) is 2.41. The maximum Gasteiger partial charge on any atom is 0.144 e. The van der Waals surface area contributed by atoms with E-state index in [0.29, 0.717) is 10.7 Å². The van der Waals surface area contributed by atoms with E-state index >= 15 is 0 Å². The van der Waals surface area contributed by atoms with E-state index in [0.717, 1.165) is 16.0 Å². The van der Waals surface area contributed by atoms with Crippen LogP contribution in [0, 0.1) is 6.92 Å². The van der Waals surface area contributed by atoms with E-state index in [2.05, 4.69) is 4.98 Å².